The normalized spacial score (nSPS) is 10.1. The van der Waals surface area contributed by atoms with E-state index in [-0.39, 0.29) is 0 Å². The predicted octanol–water partition coefficient (Wildman–Crippen LogP) is 38.7. The van der Waals surface area contributed by atoms with Crippen molar-refractivity contribution in [1.82, 2.24) is 0 Å². The first-order valence-corrected chi connectivity index (χ1v) is 48.8. The lowest BCUT2D eigenvalue weighted by atomic mass is 9.98. The van der Waals surface area contributed by atoms with Crippen LogP contribution in [0.5, 0.6) is 5.75 Å². The molecule has 0 atom stereocenters. The van der Waals surface area contributed by atoms with E-state index in [1.54, 1.807) is 7.11 Å². The smallest absolute Gasteiger partial charge is 0.122 e. The summed E-state index contributed by atoms with van der Waals surface area (Å²) in [4.78, 5) is 0. The molecule has 0 spiro atoms. The lowest BCUT2D eigenvalue weighted by molar-refractivity contribution is 0.412. The van der Waals surface area contributed by atoms with Crippen molar-refractivity contribution in [2.24, 2.45) is 0 Å². The van der Waals surface area contributed by atoms with Crippen LogP contribution in [0.3, 0.4) is 0 Å². The van der Waals surface area contributed by atoms with Gasteiger partial charge in [-0.2, -0.15) is 0 Å². The molecule has 0 fully saturated rings. The minimum Gasteiger partial charge on any atom is -0.496 e. The van der Waals surface area contributed by atoms with Gasteiger partial charge in [0.05, 0.1) is 7.11 Å². The zero-order valence-electron chi connectivity index (χ0n) is 88.1. The van der Waals surface area contributed by atoms with Gasteiger partial charge in [-0.3, -0.25) is 0 Å². The molecule has 0 aliphatic heterocycles. The van der Waals surface area contributed by atoms with Crippen molar-refractivity contribution in [3.05, 3.63) is 545 Å². The van der Waals surface area contributed by atoms with Gasteiger partial charge in [0.15, 0.2) is 0 Å². The second kappa shape index (κ2) is 56.6. The van der Waals surface area contributed by atoms with Gasteiger partial charge in [-0.1, -0.05) is 429 Å². The summed E-state index contributed by atoms with van der Waals surface area (Å²) in [6.45, 7) is 61.5. The summed E-state index contributed by atoms with van der Waals surface area (Å²) in [6.07, 6.45) is 2.06. The van der Waals surface area contributed by atoms with Crippen molar-refractivity contribution in [3.63, 3.8) is 0 Å². The molecule has 0 heterocycles. The van der Waals surface area contributed by atoms with E-state index in [9.17, 15) is 0 Å². The Morgan fingerprint density at radius 2 is 0.380 bits per heavy atom. The van der Waals surface area contributed by atoms with E-state index in [2.05, 4.69) is 515 Å². The van der Waals surface area contributed by atoms with E-state index in [1.165, 1.54) is 206 Å². The lowest BCUT2D eigenvalue weighted by Gasteiger charge is -2.09. The molecule has 0 N–H and O–H groups in total. The SMILES string of the molecule is COc1cc(-c2ccc(C)c(C)c2)ccc1C.Cc1cc(C)cc(C)c1.Cc1ccc(-c2ccc(C)c(C)c2)cc1C.Cc1ccc(-c2ccc(C)c(Cl)c2)cc1Cl.Cc1ccc(-c2ccc(C)cc2)cc1.Cc1ccc(C)c(C)c1.Cc1ccc(C)c(C)c1.Cc1ccc(C)cc1.Cc1ccc(Cc2ccc(C)cc2)cc1.Cc1cccc(C)c1C.Cc1cccc(Cc2cccc(C)c2)c1. The van der Waals surface area contributed by atoms with E-state index in [0.717, 1.165) is 50.9 Å². The quantitative estimate of drug-likeness (QED) is 0.140. The topological polar surface area (TPSA) is 9.23 Å². The summed E-state index contributed by atoms with van der Waals surface area (Å²) >= 11 is 12.2. The Balaban J connectivity index is 0.000000207. The molecule has 708 valence electrons. The summed E-state index contributed by atoms with van der Waals surface area (Å²) in [5, 5.41) is 1.57. The summed E-state index contributed by atoms with van der Waals surface area (Å²) < 4.78 is 5.36. The average Bonchev–Trinajstić information content (AvgIpc) is 0.832. The lowest BCUT2D eigenvalue weighted by Crippen LogP contribution is -1.89. The number of hydrogen-bond acceptors (Lipinski definition) is 1. The molecule has 0 aliphatic carbocycles. The van der Waals surface area contributed by atoms with Gasteiger partial charge < -0.3 is 4.74 Å². The highest BCUT2D eigenvalue weighted by atomic mass is 35.5. The Kier molecular flexibility index (Phi) is 45.9. The molecule has 0 bridgehead atoms. The van der Waals surface area contributed by atoms with E-state index >= 15 is 0 Å². The molecular weight excluding hydrogens is 1700 g/mol. The third-order valence-corrected chi connectivity index (χ3v) is 25.5. The van der Waals surface area contributed by atoms with Gasteiger partial charge in [-0.15, -0.1) is 0 Å². The second-order valence-corrected chi connectivity index (χ2v) is 38.4. The zero-order valence-corrected chi connectivity index (χ0v) is 89.6. The van der Waals surface area contributed by atoms with Crippen molar-refractivity contribution in [3.8, 4) is 50.3 Å². The molecule has 0 amide bonds. The molecule has 1 nitrogen and oxygen atoms in total. The van der Waals surface area contributed by atoms with Crippen molar-refractivity contribution in [2.45, 2.75) is 214 Å². The van der Waals surface area contributed by atoms with E-state index in [4.69, 9.17) is 27.9 Å². The van der Waals surface area contributed by atoms with Crippen molar-refractivity contribution in [2.75, 3.05) is 7.11 Å². The van der Waals surface area contributed by atoms with E-state index < -0.39 is 0 Å². The molecule has 137 heavy (non-hydrogen) atoms. The first-order valence-electron chi connectivity index (χ1n) is 48.0. The Hall–Kier alpha value is -12.9. The van der Waals surface area contributed by atoms with Crippen LogP contribution in [0.4, 0.5) is 0 Å². The van der Waals surface area contributed by atoms with Crippen LogP contribution in [0.15, 0.2) is 352 Å². The molecule has 0 saturated carbocycles. The van der Waals surface area contributed by atoms with Crippen molar-refractivity contribution in [1.29, 1.82) is 0 Å². The fourth-order valence-corrected chi connectivity index (χ4v) is 15.2. The third kappa shape index (κ3) is 39.8. The number of ether oxygens (including phenoxy) is 1. The van der Waals surface area contributed by atoms with Gasteiger partial charge >= 0.3 is 0 Å². The monoisotopic (exact) mass is 1850 g/mol. The molecule has 0 saturated heterocycles. The first kappa shape index (κ1) is 111. The Morgan fingerprint density at radius 1 is 0.153 bits per heavy atom. The van der Waals surface area contributed by atoms with Crippen LogP contribution in [-0.2, 0) is 12.8 Å². The maximum atomic E-state index is 6.10. The third-order valence-electron chi connectivity index (χ3n) is 24.7. The largest absolute Gasteiger partial charge is 0.496 e. The highest BCUT2D eigenvalue weighted by molar-refractivity contribution is 6.32. The van der Waals surface area contributed by atoms with Gasteiger partial charge in [0.2, 0.25) is 0 Å². The maximum absolute atomic E-state index is 6.10. The molecule has 17 rings (SSSR count). The van der Waals surface area contributed by atoms with Gasteiger partial charge in [-0.05, 0) is 388 Å². The number of rotatable bonds is 9. The fraction of sp³-hybridized carbons (Fsp3) is 0.239. The molecule has 0 aromatic heterocycles. The van der Waals surface area contributed by atoms with Crippen LogP contribution in [-0.4, -0.2) is 7.11 Å². The van der Waals surface area contributed by atoms with Crippen molar-refractivity contribution < 1.29 is 4.74 Å². The fourth-order valence-electron chi connectivity index (χ4n) is 14.8. The number of benzene rings is 17. The van der Waals surface area contributed by atoms with Gasteiger partial charge in [0.1, 0.15) is 5.75 Å². The average molecular weight is 1850 g/mol. The van der Waals surface area contributed by atoms with E-state index in [0.29, 0.717) is 0 Å². The predicted molar refractivity (Wildman–Crippen MR) is 605 cm³/mol. The highest BCUT2D eigenvalue weighted by Gasteiger charge is 2.09. The van der Waals surface area contributed by atoms with Crippen molar-refractivity contribution >= 4 is 23.2 Å². The number of methoxy groups -OCH3 is 1. The minimum atomic E-state index is 0.786. The number of hydrogen-bond donors (Lipinski definition) is 0. The Labute approximate surface area is 838 Å². The summed E-state index contributed by atoms with van der Waals surface area (Å²) in [7, 11) is 1.71. The van der Waals surface area contributed by atoms with Crippen LogP contribution >= 0.6 is 23.2 Å². The molecule has 0 unspecified atom stereocenters. The highest BCUT2D eigenvalue weighted by Crippen LogP contribution is 2.32. The first-order chi connectivity index (χ1) is 65.1. The molecule has 0 radical (unpaired) electrons. The van der Waals surface area contributed by atoms with Crippen LogP contribution < -0.4 is 4.74 Å². The zero-order chi connectivity index (χ0) is 101. The molecular formula is C134H152Cl2O. The summed E-state index contributed by atoms with van der Waals surface area (Å²) in [5.74, 6) is 0.945. The van der Waals surface area contributed by atoms with Crippen LogP contribution in [0, 0.1) is 201 Å². The molecule has 0 aliphatic rings. The van der Waals surface area contributed by atoms with E-state index in [1.807, 2.05) is 38.1 Å². The van der Waals surface area contributed by atoms with Gasteiger partial charge in [0.25, 0.3) is 0 Å². The Bertz CT molecular complexity index is 6150. The summed E-state index contributed by atoms with van der Waals surface area (Å²) in [5.41, 5.74) is 53.8. The van der Waals surface area contributed by atoms with Crippen LogP contribution in [0.25, 0.3) is 44.5 Å². The molecule has 17 aromatic rings. The number of aryl methyl sites for hydroxylation is 28. The Morgan fingerprint density at radius 3 is 0.650 bits per heavy atom. The van der Waals surface area contributed by atoms with Crippen LogP contribution in [0.2, 0.25) is 10.0 Å². The molecule has 3 heteroatoms. The standard InChI is InChI=1S/C16H18O.C16H18.2C15H16.C14H12Cl2.C14H14.4C9H12.C8H10/c1-11-5-7-14(9-13(11)3)15-8-6-12(2)16(10-15)17-4;1-11-5-7-15(9-13(11)3)16-8-6-12(2)14(4)10-16;1-12-3-7-14(8-4-12)11-15-9-5-13(2)6-10-15;1-12-5-3-7-14(9-12)11-15-8-4-6-13(2)10-15;1-9-3-5-11(7-13(9)15)12-6-4-10(2)14(16)8-12;1-11-3-7-13(8-4-11)14-9-5-12(2)6-10-14;1-7-4-8(2)6-9(3)5-7;2*1-7-4-5-8(2)9(3)6-7;1-7-5-4-6-8(2)9(7)3;1-7-3-5-8(2)6-4-7/h5-10H,1-4H3;5-10H,1-4H3;2*3-10H,11H2,1-2H3;3-8H,1-2H3;3-10H,1-2H3;4*4-6H,1-3H3;3-6H,1-2H3. The maximum Gasteiger partial charge on any atom is 0.122 e. The summed E-state index contributed by atoms with van der Waals surface area (Å²) in [6, 6.07) is 125. The van der Waals surface area contributed by atoms with Gasteiger partial charge in [0, 0.05) is 10.0 Å². The van der Waals surface area contributed by atoms with Crippen LogP contribution in [0.1, 0.15) is 184 Å². The second-order valence-electron chi connectivity index (χ2n) is 37.6. The number of halogens is 2. The van der Waals surface area contributed by atoms with Gasteiger partial charge in [-0.25, -0.2) is 0 Å². The minimum absolute atomic E-state index is 0.786. The molecule has 17 aromatic carbocycles.